The fourth-order valence-electron chi connectivity index (χ4n) is 3.17. The summed E-state index contributed by atoms with van der Waals surface area (Å²) < 4.78 is 5.46. The number of aromatic nitrogens is 1. The maximum atomic E-state index is 12.1. The molecule has 1 aromatic heterocycles. The van der Waals surface area contributed by atoms with Gasteiger partial charge in [0.25, 0.3) is 0 Å². The molecule has 1 aliphatic heterocycles. The first-order valence-electron chi connectivity index (χ1n) is 7.51. The Hall–Kier alpha value is -1.84. The van der Waals surface area contributed by atoms with Gasteiger partial charge in [-0.05, 0) is 62.3 Å². The van der Waals surface area contributed by atoms with Crippen molar-refractivity contribution in [3.63, 3.8) is 0 Å². The Bertz CT molecular complexity index is 560. The predicted molar refractivity (Wildman–Crippen MR) is 81.6 cm³/mol. The van der Waals surface area contributed by atoms with Crippen LogP contribution in [0.2, 0.25) is 0 Å². The smallest absolute Gasteiger partial charge is 0.410 e. The number of hydrogen-bond donors (Lipinski definition) is 0. The van der Waals surface area contributed by atoms with Crippen molar-refractivity contribution in [2.24, 2.45) is 11.8 Å². The van der Waals surface area contributed by atoms with Crippen molar-refractivity contribution in [2.75, 3.05) is 13.1 Å². The molecule has 112 valence electrons. The second-order valence-electron chi connectivity index (χ2n) is 6.94. The van der Waals surface area contributed by atoms with Crippen LogP contribution in [0.3, 0.4) is 0 Å². The Morgan fingerprint density at radius 1 is 1.29 bits per heavy atom. The SMILES string of the molecule is CC(C)(C)OC(=O)N1C[C@H]2CC(c3ccncc3)=C[C@H]2C1. The second kappa shape index (κ2) is 5.17. The van der Waals surface area contributed by atoms with Crippen molar-refractivity contribution in [1.82, 2.24) is 9.88 Å². The van der Waals surface area contributed by atoms with Crippen LogP contribution in [0.15, 0.2) is 30.6 Å². The minimum Gasteiger partial charge on any atom is -0.444 e. The highest BCUT2D eigenvalue weighted by Crippen LogP contribution is 2.41. The van der Waals surface area contributed by atoms with Crippen molar-refractivity contribution in [3.8, 4) is 0 Å². The standard InChI is InChI=1S/C17H22N2O2/c1-17(2,3)21-16(20)19-10-14-8-13(9-15(14)11-19)12-4-6-18-7-5-12/h4-8,14-15H,9-11H2,1-3H3/t14-,15+/m0/s1. The molecular formula is C17H22N2O2. The fourth-order valence-corrected chi connectivity index (χ4v) is 3.17. The molecule has 0 saturated carbocycles. The number of nitrogens with zero attached hydrogens (tertiary/aromatic N) is 2. The van der Waals surface area contributed by atoms with Gasteiger partial charge < -0.3 is 9.64 Å². The van der Waals surface area contributed by atoms with E-state index in [2.05, 4.69) is 23.2 Å². The van der Waals surface area contributed by atoms with Crippen LogP contribution in [-0.4, -0.2) is 34.7 Å². The highest BCUT2D eigenvalue weighted by molar-refractivity contribution is 5.71. The summed E-state index contributed by atoms with van der Waals surface area (Å²) in [6.45, 7) is 7.29. The van der Waals surface area contributed by atoms with Crippen LogP contribution in [0.25, 0.3) is 5.57 Å². The minimum absolute atomic E-state index is 0.184. The van der Waals surface area contributed by atoms with Crippen LogP contribution in [0.1, 0.15) is 32.8 Å². The molecule has 0 N–H and O–H groups in total. The maximum Gasteiger partial charge on any atom is 0.410 e. The van der Waals surface area contributed by atoms with Gasteiger partial charge in [-0.1, -0.05) is 6.08 Å². The van der Waals surface area contributed by atoms with E-state index < -0.39 is 5.60 Å². The van der Waals surface area contributed by atoms with Gasteiger partial charge in [-0.3, -0.25) is 4.98 Å². The zero-order valence-electron chi connectivity index (χ0n) is 12.9. The summed E-state index contributed by atoms with van der Waals surface area (Å²) in [5.41, 5.74) is 2.21. The number of ether oxygens (including phenoxy) is 1. The molecule has 0 bridgehead atoms. The van der Waals surface area contributed by atoms with Crippen LogP contribution in [0.4, 0.5) is 4.79 Å². The molecule has 2 atom stereocenters. The number of rotatable bonds is 1. The average Bonchev–Trinajstić information content (AvgIpc) is 2.95. The quantitative estimate of drug-likeness (QED) is 0.795. The van der Waals surface area contributed by atoms with Gasteiger partial charge in [0.05, 0.1) is 0 Å². The molecule has 1 fully saturated rings. The number of hydrogen-bond acceptors (Lipinski definition) is 3. The third-order valence-corrected chi connectivity index (χ3v) is 4.09. The lowest BCUT2D eigenvalue weighted by Gasteiger charge is -2.24. The molecule has 1 saturated heterocycles. The van der Waals surface area contributed by atoms with Crippen LogP contribution < -0.4 is 0 Å². The molecule has 1 aromatic rings. The van der Waals surface area contributed by atoms with Crippen molar-refractivity contribution >= 4 is 11.7 Å². The molecule has 0 unspecified atom stereocenters. The van der Waals surface area contributed by atoms with E-state index in [1.54, 1.807) is 0 Å². The molecule has 0 spiro atoms. The van der Waals surface area contributed by atoms with E-state index >= 15 is 0 Å². The van der Waals surface area contributed by atoms with E-state index in [1.165, 1.54) is 11.1 Å². The summed E-state index contributed by atoms with van der Waals surface area (Å²) in [5, 5.41) is 0. The third-order valence-electron chi connectivity index (χ3n) is 4.09. The molecule has 2 aliphatic rings. The first-order valence-corrected chi connectivity index (χ1v) is 7.51. The predicted octanol–water partition coefficient (Wildman–Crippen LogP) is 3.35. The van der Waals surface area contributed by atoms with Crippen LogP contribution >= 0.6 is 0 Å². The fraction of sp³-hybridized carbons (Fsp3) is 0.529. The van der Waals surface area contributed by atoms with E-state index in [9.17, 15) is 4.79 Å². The van der Waals surface area contributed by atoms with E-state index in [0.717, 1.165) is 19.5 Å². The molecule has 4 heteroatoms. The molecule has 1 amide bonds. The van der Waals surface area contributed by atoms with Crippen molar-refractivity contribution < 1.29 is 9.53 Å². The molecule has 0 aromatic carbocycles. The van der Waals surface area contributed by atoms with Gasteiger partial charge in [-0.25, -0.2) is 4.79 Å². The number of carbonyl (C=O) groups excluding carboxylic acids is 1. The van der Waals surface area contributed by atoms with Gasteiger partial charge in [-0.2, -0.15) is 0 Å². The first kappa shape index (κ1) is 14.1. The number of likely N-dealkylation sites (tertiary alicyclic amines) is 1. The lowest BCUT2D eigenvalue weighted by atomic mass is 9.99. The molecule has 1 aliphatic carbocycles. The van der Waals surface area contributed by atoms with Gasteiger partial charge in [0.2, 0.25) is 0 Å². The van der Waals surface area contributed by atoms with E-state index in [4.69, 9.17) is 4.74 Å². The molecule has 4 nitrogen and oxygen atoms in total. The first-order chi connectivity index (χ1) is 9.92. The summed E-state index contributed by atoms with van der Waals surface area (Å²) in [7, 11) is 0. The Balaban J connectivity index is 1.65. The van der Waals surface area contributed by atoms with Crippen LogP contribution in [0.5, 0.6) is 0 Å². The highest BCUT2D eigenvalue weighted by Gasteiger charge is 2.39. The topological polar surface area (TPSA) is 42.4 Å². The third kappa shape index (κ3) is 3.09. The lowest BCUT2D eigenvalue weighted by molar-refractivity contribution is 0.0285. The molecule has 2 heterocycles. The normalized spacial score (nSPS) is 24.7. The van der Waals surface area contributed by atoms with Gasteiger partial charge in [0.15, 0.2) is 0 Å². The van der Waals surface area contributed by atoms with Crippen LogP contribution in [0, 0.1) is 11.8 Å². The molecular weight excluding hydrogens is 264 g/mol. The molecule has 21 heavy (non-hydrogen) atoms. The van der Waals surface area contributed by atoms with E-state index in [-0.39, 0.29) is 6.09 Å². The number of allylic oxidation sites excluding steroid dienone is 1. The van der Waals surface area contributed by atoms with E-state index in [1.807, 2.05) is 38.1 Å². The summed E-state index contributed by atoms with van der Waals surface area (Å²) in [4.78, 5) is 18.0. The lowest BCUT2D eigenvalue weighted by Crippen LogP contribution is -2.35. The van der Waals surface area contributed by atoms with Gasteiger partial charge >= 0.3 is 6.09 Å². The molecule has 3 rings (SSSR count). The van der Waals surface area contributed by atoms with Crippen molar-refractivity contribution in [2.45, 2.75) is 32.8 Å². The number of pyridine rings is 1. The zero-order valence-corrected chi connectivity index (χ0v) is 12.9. The number of amides is 1. The Kier molecular flexibility index (Phi) is 3.47. The van der Waals surface area contributed by atoms with Gasteiger partial charge in [0, 0.05) is 25.5 Å². The Morgan fingerprint density at radius 3 is 2.62 bits per heavy atom. The zero-order chi connectivity index (χ0) is 15.0. The van der Waals surface area contributed by atoms with Crippen molar-refractivity contribution in [1.29, 1.82) is 0 Å². The maximum absolute atomic E-state index is 12.1. The van der Waals surface area contributed by atoms with Gasteiger partial charge in [0.1, 0.15) is 5.60 Å². The number of carbonyl (C=O) groups is 1. The minimum atomic E-state index is -0.424. The van der Waals surface area contributed by atoms with E-state index in [0.29, 0.717) is 11.8 Å². The molecule has 0 radical (unpaired) electrons. The van der Waals surface area contributed by atoms with Gasteiger partial charge in [-0.15, -0.1) is 0 Å². The second-order valence-corrected chi connectivity index (χ2v) is 6.94. The van der Waals surface area contributed by atoms with Crippen molar-refractivity contribution in [3.05, 3.63) is 36.2 Å². The number of fused-ring (bicyclic) bond motifs is 1. The summed E-state index contributed by atoms with van der Waals surface area (Å²) >= 11 is 0. The summed E-state index contributed by atoms with van der Waals surface area (Å²) in [6, 6.07) is 4.11. The largest absolute Gasteiger partial charge is 0.444 e. The Labute approximate surface area is 125 Å². The monoisotopic (exact) mass is 286 g/mol. The highest BCUT2D eigenvalue weighted by atomic mass is 16.6. The summed E-state index contributed by atoms with van der Waals surface area (Å²) in [5.74, 6) is 0.987. The summed E-state index contributed by atoms with van der Waals surface area (Å²) in [6.07, 6.45) is 6.84. The average molecular weight is 286 g/mol. The van der Waals surface area contributed by atoms with Crippen LogP contribution in [-0.2, 0) is 4.74 Å². The Morgan fingerprint density at radius 2 is 2.00 bits per heavy atom.